The summed E-state index contributed by atoms with van der Waals surface area (Å²) in [5, 5.41) is 1.25. The molecule has 3 nitrogen and oxygen atoms in total. The Bertz CT molecular complexity index is 687. The molecular formula is C16H13Cl3O3. The van der Waals surface area contributed by atoms with Crippen LogP contribution in [0.3, 0.4) is 0 Å². The Kier molecular flexibility index (Phi) is 5.95. The van der Waals surface area contributed by atoms with Crippen molar-refractivity contribution in [2.24, 2.45) is 0 Å². The minimum atomic E-state index is 0.247. The first-order valence-corrected chi connectivity index (χ1v) is 7.66. The van der Waals surface area contributed by atoms with E-state index >= 15 is 0 Å². The fourth-order valence-corrected chi connectivity index (χ4v) is 2.44. The van der Waals surface area contributed by atoms with Crippen molar-refractivity contribution in [2.75, 3.05) is 6.61 Å². The summed E-state index contributed by atoms with van der Waals surface area (Å²) in [6, 6.07) is 8.34. The smallest absolute Gasteiger partial charge is 0.180 e. The lowest BCUT2D eigenvalue weighted by Gasteiger charge is -2.14. The van der Waals surface area contributed by atoms with Crippen LogP contribution < -0.4 is 9.47 Å². The molecule has 0 aliphatic carbocycles. The van der Waals surface area contributed by atoms with Crippen molar-refractivity contribution in [2.45, 2.75) is 13.5 Å². The zero-order valence-corrected chi connectivity index (χ0v) is 14.0. The lowest BCUT2D eigenvalue weighted by molar-refractivity contribution is 0.112. The van der Waals surface area contributed by atoms with Crippen LogP contribution in [0.1, 0.15) is 22.8 Å². The molecule has 0 atom stereocenters. The average Bonchev–Trinajstić information content (AvgIpc) is 2.50. The number of ether oxygens (including phenoxy) is 2. The van der Waals surface area contributed by atoms with Gasteiger partial charge >= 0.3 is 0 Å². The van der Waals surface area contributed by atoms with Gasteiger partial charge in [0.25, 0.3) is 0 Å². The van der Waals surface area contributed by atoms with E-state index in [1.54, 1.807) is 18.2 Å². The molecule has 0 amide bonds. The van der Waals surface area contributed by atoms with Gasteiger partial charge in [-0.3, -0.25) is 4.79 Å². The Morgan fingerprint density at radius 3 is 2.41 bits per heavy atom. The number of carbonyl (C=O) groups excluding carboxylic acids is 1. The van der Waals surface area contributed by atoms with Crippen LogP contribution in [-0.4, -0.2) is 12.9 Å². The molecule has 0 saturated heterocycles. The zero-order chi connectivity index (χ0) is 16.1. The molecule has 0 bridgehead atoms. The summed E-state index contributed by atoms with van der Waals surface area (Å²) in [5.74, 6) is 0.817. The van der Waals surface area contributed by atoms with Crippen LogP contribution in [0.2, 0.25) is 15.1 Å². The summed E-state index contributed by atoms with van der Waals surface area (Å²) in [4.78, 5) is 10.9. The molecule has 2 aromatic rings. The fraction of sp³-hybridized carbons (Fsp3) is 0.188. The number of aldehydes is 1. The van der Waals surface area contributed by atoms with Crippen molar-refractivity contribution >= 4 is 41.1 Å². The first-order chi connectivity index (χ1) is 10.5. The van der Waals surface area contributed by atoms with E-state index in [0.29, 0.717) is 45.0 Å². The normalized spacial score (nSPS) is 10.4. The molecule has 6 heteroatoms. The molecule has 0 spiro atoms. The maximum absolute atomic E-state index is 10.9. The molecule has 0 N–H and O–H groups in total. The van der Waals surface area contributed by atoms with Gasteiger partial charge in [0.05, 0.1) is 21.7 Å². The first kappa shape index (κ1) is 16.9. The highest BCUT2D eigenvalue weighted by Gasteiger charge is 2.13. The number of hydrogen-bond donors (Lipinski definition) is 0. The quantitative estimate of drug-likeness (QED) is 0.644. The van der Waals surface area contributed by atoms with Crippen LogP contribution >= 0.6 is 34.8 Å². The van der Waals surface area contributed by atoms with E-state index in [2.05, 4.69) is 0 Å². The SMILES string of the molecule is CCOc1cc(C=O)cc(Cl)c1OCc1ccc(Cl)c(Cl)c1. The number of halogens is 3. The van der Waals surface area contributed by atoms with Crippen molar-refractivity contribution in [1.82, 2.24) is 0 Å². The standard InChI is InChI=1S/C16H13Cl3O3/c1-2-21-15-7-11(8-20)6-14(19)16(15)22-9-10-3-4-12(17)13(18)5-10/h3-8H,2,9H2,1H3. The molecule has 22 heavy (non-hydrogen) atoms. The highest BCUT2D eigenvalue weighted by Crippen LogP contribution is 2.37. The highest BCUT2D eigenvalue weighted by molar-refractivity contribution is 6.42. The van der Waals surface area contributed by atoms with E-state index in [-0.39, 0.29) is 6.61 Å². The number of carbonyl (C=O) groups is 1. The van der Waals surface area contributed by atoms with Gasteiger partial charge in [-0.25, -0.2) is 0 Å². The molecule has 0 fully saturated rings. The molecule has 0 aliphatic rings. The van der Waals surface area contributed by atoms with Gasteiger partial charge in [-0.2, -0.15) is 0 Å². The number of rotatable bonds is 6. The molecule has 2 rings (SSSR count). The Hall–Kier alpha value is -1.42. The summed E-state index contributed by atoms with van der Waals surface area (Å²) in [5.41, 5.74) is 1.27. The predicted molar refractivity (Wildman–Crippen MR) is 88.8 cm³/mol. The summed E-state index contributed by atoms with van der Waals surface area (Å²) in [6.45, 7) is 2.52. The van der Waals surface area contributed by atoms with E-state index in [0.717, 1.165) is 5.56 Å². The summed E-state index contributed by atoms with van der Waals surface area (Å²) in [7, 11) is 0. The van der Waals surface area contributed by atoms with Gasteiger partial charge in [0.15, 0.2) is 11.5 Å². The first-order valence-electron chi connectivity index (χ1n) is 6.53. The third-order valence-electron chi connectivity index (χ3n) is 2.83. The van der Waals surface area contributed by atoms with Crippen molar-refractivity contribution in [3.8, 4) is 11.5 Å². The molecule has 0 aliphatic heterocycles. The van der Waals surface area contributed by atoms with Gasteiger partial charge in [-0.1, -0.05) is 40.9 Å². The topological polar surface area (TPSA) is 35.5 Å². The number of hydrogen-bond acceptors (Lipinski definition) is 3. The Morgan fingerprint density at radius 2 is 1.77 bits per heavy atom. The second kappa shape index (κ2) is 7.73. The maximum atomic E-state index is 10.9. The minimum Gasteiger partial charge on any atom is -0.490 e. The van der Waals surface area contributed by atoms with Gasteiger partial charge in [0, 0.05) is 5.56 Å². The molecule has 2 aromatic carbocycles. The summed E-state index contributed by atoms with van der Waals surface area (Å²) in [6.07, 6.45) is 0.706. The Morgan fingerprint density at radius 1 is 1.00 bits per heavy atom. The van der Waals surface area contributed by atoms with Crippen LogP contribution in [0.25, 0.3) is 0 Å². The van der Waals surface area contributed by atoms with E-state index in [4.69, 9.17) is 44.3 Å². The Labute approximate surface area is 143 Å². The number of benzene rings is 2. The van der Waals surface area contributed by atoms with Crippen molar-refractivity contribution in [3.05, 3.63) is 56.5 Å². The predicted octanol–water partition coefficient (Wildman–Crippen LogP) is 5.44. The second-order valence-electron chi connectivity index (χ2n) is 4.42. The summed E-state index contributed by atoms with van der Waals surface area (Å²) < 4.78 is 11.2. The van der Waals surface area contributed by atoms with Gasteiger partial charge < -0.3 is 9.47 Å². The molecule has 0 saturated carbocycles. The van der Waals surface area contributed by atoms with Crippen molar-refractivity contribution in [3.63, 3.8) is 0 Å². The minimum absolute atomic E-state index is 0.247. The monoisotopic (exact) mass is 358 g/mol. The molecular weight excluding hydrogens is 347 g/mol. The largest absolute Gasteiger partial charge is 0.490 e. The van der Waals surface area contributed by atoms with Gasteiger partial charge in [-0.15, -0.1) is 0 Å². The third kappa shape index (κ3) is 4.07. The van der Waals surface area contributed by atoms with Crippen LogP contribution in [0, 0.1) is 0 Å². The van der Waals surface area contributed by atoms with Crippen molar-refractivity contribution in [1.29, 1.82) is 0 Å². The molecule has 0 aromatic heterocycles. The van der Waals surface area contributed by atoms with Gasteiger partial charge in [0.1, 0.15) is 12.9 Å². The third-order valence-corrected chi connectivity index (χ3v) is 3.85. The van der Waals surface area contributed by atoms with E-state index in [1.807, 2.05) is 13.0 Å². The molecule has 0 heterocycles. The van der Waals surface area contributed by atoms with Crippen LogP contribution in [0.4, 0.5) is 0 Å². The highest BCUT2D eigenvalue weighted by atomic mass is 35.5. The van der Waals surface area contributed by atoms with Crippen LogP contribution in [0.15, 0.2) is 30.3 Å². The second-order valence-corrected chi connectivity index (χ2v) is 5.64. The molecule has 116 valence electrons. The van der Waals surface area contributed by atoms with E-state index in [1.165, 1.54) is 6.07 Å². The zero-order valence-electron chi connectivity index (χ0n) is 11.7. The average molecular weight is 360 g/mol. The van der Waals surface area contributed by atoms with Crippen LogP contribution in [0.5, 0.6) is 11.5 Å². The van der Waals surface area contributed by atoms with Gasteiger partial charge in [0.2, 0.25) is 0 Å². The van der Waals surface area contributed by atoms with Gasteiger partial charge in [-0.05, 0) is 36.8 Å². The molecule has 0 unspecified atom stereocenters. The maximum Gasteiger partial charge on any atom is 0.180 e. The van der Waals surface area contributed by atoms with E-state index in [9.17, 15) is 4.79 Å². The molecule has 0 radical (unpaired) electrons. The lowest BCUT2D eigenvalue weighted by Crippen LogP contribution is -2.01. The Balaban J connectivity index is 2.24. The summed E-state index contributed by atoms with van der Waals surface area (Å²) >= 11 is 18.0. The van der Waals surface area contributed by atoms with Crippen molar-refractivity contribution < 1.29 is 14.3 Å². The van der Waals surface area contributed by atoms with E-state index < -0.39 is 0 Å². The lowest BCUT2D eigenvalue weighted by atomic mass is 10.2. The fourth-order valence-electron chi connectivity index (χ4n) is 1.84. The van der Waals surface area contributed by atoms with Crippen LogP contribution in [-0.2, 0) is 6.61 Å².